The van der Waals surface area contributed by atoms with Gasteiger partial charge in [-0.3, -0.25) is 9.79 Å². The van der Waals surface area contributed by atoms with E-state index in [9.17, 15) is 4.79 Å². The molecule has 0 spiro atoms. The SMILES string of the molecule is CN=C(NCCC(=O)Nc1ccc(C)cc1Cl)NCCc1ccc(OC)c(OC)c1. The van der Waals surface area contributed by atoms with Crippen LogP contribution in [0, 0.1) is 6.92 Å². The van der Waals surface area contributed by atoms with Gasteiger partial charge >= 0.3 is 0 Å². The summed E-state index contributed by atoms with van der Waals surface area (Å²) in [5, 5.41) is 9.73. The maximum absolute atomic E-state index is 12.1. The first kappa shape index (κ1) is 23.3. The molecule has 0 aliphatic carbocycles. The maximum atomic E-state index is 12.1. The summed E-state index contributed by atoms with van der Waals surface area (Å²) in [5.74, 6) is 1.93. The number of anilines is 1. The number of nitrogens with one attached hydrogen (secondary N) is 3. The van der Waals surface area contributed by atoms with Crippen LogP contribution in [0.2, 0.25) is 5.02 Å². The summed E-state index contributed by atoms with van der Waals surface area (Å²) in [7, 11) is 4.93. The van der Waals surface area contributed by atoms with Crippen LogP contribution in [0.15, 0.2) is 41.4 Å². The summed E-state index contributed by atoms with van der Waals surface area (Å²) in [5.41, 5.74) is 2.78. The van der Waals surface area contributed by atoms with Gasteiger partial charge in [-0.2, -0.15) is 0 Å². The topological polar surface area (TPSA) is 84.0 Å². The van der Waals surface area contributed by atoms with Crippen molar-refractivity contribution in [3.8, 4) is 11.5 Å². The van der Waals surface area contributed by atoms with Gasteiger partial charge in [0.25, 0.3) is 0 Å². The van der Waals surface area contributed by atoms with Crippen molar-refractivity contribution in [2.75, 3.05) is 39.7 Å². The first-order chi connectivity index (χ1) is 14.5. The van der Waals surface area contributed by atoms with Crippen LogP contribution in [0.1, 0.15) is 17.5 Å². The number of aryl methyl sites for hydroxylation is 1. The minimum absolute atomic E-state index is 0.117. The smallest absolute Gasteiger partial charge is 0.226 e. The average molecular weight is 433 g/mol. The Labute approximate surface area is 182 Å². The van der Waals surface area contributed by atoms with E-state index >= 15 is 0 Å². The molecule has 2 aromatic carbocycles. The molecule has 0 aliphatic rings. The van der Waals surface area contributed by atoms with Crippen molar-refractivity contribution in [3.05, 3.63) is 52.5 Å². The van der Waals surface area contributed by atoms with Gasteiger partial charge in [-0.1, -0.05) is 23.7 Å². The second kappa shape index (κ2) is 11.9. The van der Waals surface area contributed by atoms with E-state index in [1.165, 1.54) is 0 Å². The molecule has 0 saturated heterocycles. The van der Waals surface area contributed by atoms with Crippen LogP contribution in [-0.4, -0.2) is 46.2 Å². The molecule has 0 saturated carbocycles. The number of amides is 1. The third-order valence-corrected chi connectivity index (χ3v) is 4.73. The Morgan fingerprint density at radius 3 is 2.43 bits per heavy atom. The molecule has 0 atom stereocenters. The van der Waals surface area contributed by atoms with E-state index in [2.05, 4.69) is 20.9 Å². The van der Waals surface area contributed by atoms with Gasteiger partial charge in [0.1, 0.15) is 0 Å². The molecule has 8 heteroatoms. The number of benzene rings is 2. The van der Waals surface area contributed by atoms with Crippen LogP contribution in [0.3, 0.4) is 0 Å². The predicted molar refractivity (Wildman–Crippen MR) is 122 cm³/mol. The Bertz CT molecular complexity index is 887. The van der Waals surface area contributed by atoms with Gasteiger partial charge in [-0.25, -0.2) is 0 Å². The number of hydrogen-bond donors (Lipinski definition) is 3. The lowest BCUT2D eigenvalue weighted by Gasteiger charge is -2.13. The quantitative estimate of drug-likeness (QED) is 0.417. The number of nitrogens with zero attached hydrogens (tertiary/aromatic N) is 1. The molecule has 0 heterocycles. The van der Waals surface area contributed by atoms with Crippen LogP contribution < -0.4 is 25.4 Å². The van der Waals surface area contributed by atoms with Crippen LogP contribution in [0.4, 0.5) is 5.69 Å². The molecule has 30 heavy (non-hydrogen) atoms. The van der Waals surface area contributed by atoms with Gasteiger partial charge in [0.05, 0.1) is 24.9 Å². The highest BCUT2D eigenvalue weighted by Crippen LogP contribution is 2.27. The Balaban J connectivity index is 1.73. The molecule has 162 valence electrons. The first-order valence-corrected chi connectivity index (χ1v) is 10.1. The van der Waals surface area contributed by atoms with Gasteiger partial charge in [-0.15, -0.1) is 0 Å². The summed E-state index contributed by atoms with van der Waals surface area (Å²) in [6.45, 7) is 3.08. The molecule has 2 aromatic rings. The van der Waals surface area contributed by atoms with Gasteiger partial charge in [0, 0.05) is 26.6 Å². The standard InChI is InChI=1S/C22H29ClN4O3/c1-15-5-7-18(17(23)13-15)27-21(28)10-12-26-22(24-2)25-11-9-16-6-8-19(29-3)20(14-16)30-4/h5-8,13-14H,9-12H2,1-4H3,(H,27,28)(H2,24,25,26). The zero-order valence-corrected chi connectivity index (χ0v) is 18.6. The third kappa shape index (κ3) is 7.15. The number of hydrogen-bond acceptors (Lipinski definition) is 4. The van der Waals surface area contributed by atoms with Gasteiger partial charge in [0.2, 0.25) is 5.91 Å². The first-order valence-electron chi connectivity index (χ1n) is 9.68. The van der Waals surface area contributed by atoms with Crippen LogP contribution in [0.5, 0.6) is 11.5 Å². The largest absolute Gasteiger partial charge is 0.493 e. The maximum Gasteiger partial charge on any atom is 0.226 e. The van der Waals surface area contributed by atoms with Crippen LogP contribution in [0.25, 0.3) is 0 Å². The van der Waals surface area contributed by atoms with E-state index in [-0.39, 0.29) is 5.91 Å². The molecule has 0 aliphatic heterocycles. The summed E-state index contributed by atoms with van der Waals surface area (Å²) < 4.78 is 10.6. The highest BCUT2D eigenvalue weighted by Gasteiger charge is 2.07. The lowest BCUT2D eigenvalue weighted by Crippen LogP contribution is -2.39. The molecule has 7 nitrogen and oxygen atoms in total. The van der Waals surface area contributed by atoms with Gasteiger partial charge in [0.15, 0.2) is 17.5 Å². The lowest BCUT2D eigenvalue weighted by atomic mass is 10.1. The Kier molecular flexibility index (Phi) is 9.28. The minimum Gasteiger partial charge on any atom is -0.493 e. The zero-order chi connectivity index (χ0) is 21.9. The fourth-order valence-electron chi connectivity index (χ4n) is 2.81. The van der Waals surface area contributed by atoms with Gasteiger partial charge < -0.3 is 25.4 Å². The molecule has 0 unspecified atom stereocenters. The predicted octanol–water partition coefficient (Wildman–Crippen LogP) is 3.40. The average Bonchev–Trinajstić information content (AvgIpc) is 2.74. The minimum atomic E-state index is -0.117. The van der Waals surface area contributed by atoms with Crippen LogP contribution in [-0.2, 0) is 11.2 Å². The molecule has 0 fully saturated rings. The second-order valence-electron chi connectivity index (χ2n) is 6.65. The normalized spacial score (nSPS) is 11.0. The summed E-state index contributed by atoms with van der Waals surface area (Å²) >= 11 is 6.15. The van der Waals surface area contributed by atoms with Gasteiger partial charge in [-0.05, 0) is 48.7 Å². The summed E-state index contributed by atoms with van der Waals surface area (Å²) in [6, 6.07) is 11.4. The van der Waals surface area contributed by atoms with E-state index in [4.69, 9.17) is 21.1 Å². The number of aliphatic imine (C=N–C) groups is 1. The number of halogens is 1. The second-order valence-corrected chi connectivity index (χ2v) is 7.05. The molecule has 0 bridgehead atoms. The Morgan fingerprint density at radius 1 is 1.03 bits per heavy atom. The zero-order valence-electron chi connectivity index (χ0n) is 17.8. The molecular weight excluding hydrogens is 404 g/mol. The number of rotatable bonds is 9. The van der Waals surface area contributed by atoms with E-state index in [1.807, 2.05) is 37.3 Å². The highest BCUT2D eigenvalue weighted by molar-refractivity contribution is 6.33. The van der Waals surface area contributed by atoms with E-state index in [0.29, 0.717) is 47.7 Å². The lowest BCUT2D eigenvalue weighted by molar-refractivity contribution is -0.116. The van der Waals surface area contributed by atoms with E-state index in [1.54, 1.807) is 27.3 Å². The van der Waals surface area contributed by atoms with Crippen LogP contribution >= 0.6 is 11.6 Å². The summed E-state index contributed by atoms with van der Waals surface area (Å²) in [4.78, 5) is 16.3. The number of guanidine groups is 1. The van der Waals surface area contributed by atoms with Crippen molar-refractivity contribution in [1.29, 1.82) is 0 Å². The Morgan fingerprint density at radius 2 is 1.77 bits per heavy atom. The number of carbonyl (C=O) groups is 1. The fraction of sp³-hybridized carbons (Fsp3) is 0.364. The highest BCUT2D eigenvalue weighted by atomic mass is 35.5. The monoisotopic (exact) mass is 432 g/mol. The van der Waals surface area contributed by atoms with Crippen molar-refractivity contribution in [2.24, 2.45) is 4.99 Å². The molecule has 2 rings (SSSR count). The number of ether oxygens (including phenoxy) is 2. The molecule has 0 radical (unpaired) electrons. The third-order valence-electron chi connectivity index (χ3n) is 4.42. The molecular formula is C22H29ClN4O3. The number of carbonyl (C=O) groups excluding carboxylic acids is 1. The molecule has 1 amide bonds. The van der Waals surface area contributed by atoms with Crippen molar-refractivity contribution < 1.29 is 14.3 Å². The van der Waals surface area contributed by atoms with E-state index in [0.717, 1.165) is 17.5 Å². The molecule has 0 aromatic heterocycles. The van der Waals surface area contributed by atoms with Crippen molar-refractivity contribution in [1.82, 2.24) is 10.6 Å². The number of methoxy groups -OCH3 is 2. The van der Waals surface area contributed by atoms with E-state index < -0.39 is 0 Å². The summed E-state index contributed by atoms with van der Waals surface area (Å²) in [6.07, 6.45) is 1.08. The fourth-order valence-corrected chi connectivity index (χ4v) is 3.09. The van der Waals surface area contributed by atoms with Crippen molar-refractivity contribution >= 4 is 29.2 Å². The molecule has 3 N–H and O–H groups in total. The Hall–Kier alpha value is -2.93. The van der Waals surface area contributed by atoms with Crippen molar-refractivity contribution in [2.45, 2.75) is 19.8 Å². The van der Waals surface area contributed by atoms with Crippen molar-refractivity contribution in [3.63, 3.8) is 0 Å².